The highest BCUT2D eigenvalue weighted by molar-refractivity contribution is 6.98. The van der Waals surface area contributed by atoms with Gasteiger partial charge < -0.3 is 6.15 Å². The van der Waals surface area contributed by atoms with E-state index in [0.717, 1.165) is 0 Å². The minimum Gasteiger partial charge on any atom is -0.344 e. The van der Waals surface area contributed by atoms with Crippen LogP contribution in [0.15, 0.2) is 37.4 Å². The molecule has 0 atom stereocenters. The molecule has 0 aliphatic rings. The first kappa shape index (κ1) is 18.7. The van der Waals surface area contributed by atoms with Crippen LogP contribution in [-0.4, -0.2) is 16.1 Å². The van der Waals surface area contributed by atoms with Gasteiger partial charge in [0, 0.05) is 0 Å². The molecule has 0 spiro atoms. The van der Waals surface area contributed by atoms with Gasteiger partial charge in [0.05, 0.1) is 16.1 Å². The van der Waals surface area contributed by atoms with E-state index < -0.39 is 16.1 Å². The van der Waals surface area contributed by atoms with Crippen molar-refractivity contribution in [3.63, 3.8) is 0 Å². The summed E-state index contributed by atoms with van der Waals surface area (Å²) in [6.07, 6.45) is 0. The van der Waals surface area contributed by atoms with E-state index in [1.807, 2.05) is 0 Å². The zero-order valence-corrected chi connectivity index (χ0v) is 14.4. The van der Waals surface area contributed by atoms with E-state index >= 15 is 0 Å². The van der Waals surface area contributed by atoms with Crippen molar-refractivity contribution >= 4 is 26.5 Å². The van der Waals surface area contributed by atoms with Crippen molar-refractivity contribution in [2.24, 2.45) is 0 Å². The highest BCUT2D eigenvalue weighted by Crippen LogP contribution is 2.06. The van der Waals surface area contributed by atoms with Crippen molar-refractivity contribution in [1.82, 2.24) is 6.15 Å². The van der Waals surface area contributed by atoms with Crippen molar-refractivity contribution in [2.45, 2.75) is 39.3 Å². The number of hydrogen-bond acceptors (Lipinski definition) is 1. The van der Waals surface area contributed by atoms with Gasteiger partial charge in [-0.3, -0.25) is 0 Å². The first-order valence-corrected chi connectivity index (χ1v) is 12.8. The van der Waals surface area contributed by atoms with Crippen LogP contribution in [0.2, 0.25) is 39.3 Å². The predicted molar refractivity (Wildman–Crippen MR) is 88.7 cm³/mol. The third-order valence-corrected chi connectivity index (χ3v) is 6.90. The highest BCUT2D eigenvalue weighted by atomic mass is 28.3. The van der Waals surface area contributed by atoms with Gasteiger partial charge in [-0.15, -0.1) is 13.2 Å². The molecular formula is C14H29NSi2. The first-order chi connectivity index (χ1) is 7.23. The fraction of sp³-hybridized carbons (Fsp3) is 0.429. The van der Waals surface area contributed by atoms with Crippen LogP contribution in [0.3, 0.4) is 0 Å². The molecular weight excluding hydrogens is 238 g/mol. The van der Waals surface area contributed by atoms with E-state index in [1.54, 1.807) is 10.4 Å². The molecule has 0 aliphatic heterocycles. The molecule has 0 heterocycles. The van der Waals surface area contributed by atoms with Gasteiger partial charge in [-0.2, -0.15) is 0 Å². The molecule has 0 unspecified atom stereocenters. The van der Waals surface area contributed by atoms with Crippen LogP contribution in [0, 0.1) is 0 Å². The quantitative estimate of drug-likeness (QED) is 0.643. The molecule has 3 heteroatoms. The maximum Gasteiger partial charge on any atom is 0.0774 e. The Hall–Kier alpha value is -0.646. The lowest BCUT2D eigenvalue weighted by Gasteiger charge is -2.27. The molecule has 98 valence electrons. The Morgan fingerprint density at radius 1 is 0.706 bits per heavy atom. The standard InChI is InChI=1S/C12H22Si2.C2H4.H3N/c1-13(2,3)11-9-7-8-10-12(11)14(4,5)6;1-2;/h7-10H,1-6H3;1-2H2;1H3. The Balaban J connectivity index is 0. The van der Waals surface area contributed by atoms with Crippen LogP contribution in [0.1, 0.15) is 0 Å². The van der Waals surface area contributed by atoms with Crippen molar-refractivity contribution in [1.29, 1.82) is 0 Å². The number of benzene rings is 1. The van der Waals surface area contributed by atoms with Gasteiger partial charge in [-0.25, -0.2) is 0 Å². The second kappa shape index (κ2) is 6.94. The van der Waals surface area contributed by atoms with Crippen molar-refractivity contribution in [3.05, 3.63) is 37.4 Å². The minimum absolute atomic E-state index is 0. The van der Waals surface area contributed by atoms with E-state index in [9.17, 15) is 0 Å². The van der Waals surface area contributed by atoms with Gasteiger partial charge in [0.15, 0.2) is 0 Å². The molecule has 0 amide bonds. The Morgan fingerprint density at radius 2 is 0.941 bits per heavy atom. The summed E-state index contributed by atoms with van der Waals surface area (Å²) in [5.74, 6) is 0. The highest BCUT2D eigenvalue weighted by Gasteiger charge is 2.26. The van der Waals surface area contributed by atoms with Gasteiger partial charge >= 0.3 is 0 Å². The van der Waals surface area contributed by atoms with E-state index in [2.05, 4.69) is 76.7 Å². The predicted octanol–water partition coefficient (Wildman–Crippen LogP) is 3.74. The molecule has 17 heavy (non-hydrogen) atoms. The first-order valence-electron chi connectivity index (χ1n) is 5.83. The average Bonchev–Trinajstić information content (AvgIpc) is 2.18. The van der Waals surface area contributed by atoms with Crippen LogP contribution >= 0.6 is 0 Å². The van der Waals surface area contributed by atoms with Crippen LogP contribution in [0.5, 0.6) is 0 Å². The summed E-state index contributed by atoms with van der Waals surface area (Å²) in [7, 11) is -2.31. The van der Waals surface area contributed by atoms with Crippen LogP contribution in [0.4, 0.5) is 0 Å². The van der Waals surface area contributed by atoms with Gasteiger partial charge in [0.1, 0.15) is 0 Å². The topological polar surface area (TPSA) is 35.0 Å². The molecule has 0 bridgehead atoms. The summed E-state index contributed by atoms with van der Waals surface area (Å²) in [5, 5.41) is 3.33. The lowest BCUT2D eigenvalue weighted by Crippen LogP contribution is -2.56. The zero-order chi connectivity index (χ0) is 13.0. The number of rotatable bonds is 2. The molecule has 1 nitrogen and oxygen atoms in total. The van der Waals surface area contributed by atoms with Gasteiger partial charge in [0.2, 0.25) is 0 Å². The van der Waals surface area contributed by atoms with E-state index in [0.29, 0.717) is 0 Å². The van der Waals surface area contributed by atoms with E-state index in [1.165, 1.54) is 0 Å². The fourth-order valence-corrected chi connectivity index (χ4v) is 7.02. The number of hydrogen-bond donors (Lipinski definition) is 1. The van der Waals surface area contributed by atoms with Crippen molar-refractivity contribution in [3.8, 4) is 0 Å². The molecule has 1 aromatic rings. The lowest BCUT2D eigenvalue weighted by molar-refractivity contribution is 1.66. The van der Waals surface area contributed by atoms with E-state index in [4.69, 9.17) is 0 Å². The van der Waals surface area contributed by atoms with Crippen molar-refractivity contribution in [2.75, 3.05) is 0 Å². The fourth-order valence-electron chi connectivity index (χ4n) is 1.79. The van der Waals surface area contributed by atoms with Gasteiger partial charge in [0.25, 0.3) is 0 Å². The second-order valence-electron chi connectivity index (χ2n) is 6.05. The minimum atomic E-state index is -1.15. The molecule has 3 N–H and O–H groups in total. The second-order valence-corrected chi connectivity index (χ2v) is 16.1. The Labute approximate surface area is 110 Å². The van der Waals surface area contributed by atoms with Crippen LogP contribution in [0.25, 0.3) is 0 Å². The maximum absolute atomic E-state index is 3.00. The third kappa shape index (κ3) is 5.48. The molecule has 1 aromatic carbocycles. The average molecular weight is 268 g/mol. The largest absolute Gasteiger partial charge is 0.344 e. The molecule has 0 aliphatic carbocycles. The Bertz CT molecular complexity index is 302. The summed E-state index contributed by atoms with van der Waals surface area (Å²) in [6.45, 7) is 20.6. The van der Waals surface area contributed by atoms with Gasteiger partial charge in [-0.05, 0) is 0 Å². The molecule has 0 saturated carbocycles. The molecule has 0 aromatic heterocycles. The molecule has 0 saturated heterocycles. The summed E-state index contributed by atoms with van der Waals surface area (Å²) in [5.41, 5.74) is 0. The Morgan fingerprint density at radius 3 is 1.12 bits per heavy atom. The third-order valence-electron chi connectivity index (χ3n) is 2.54. The monoisotopic (exact) mass is 267 g/mol. The molecule has 0 radical (unpaired) electrons. The maximum atomic E-state index is 3.00. The zero-order valence-electron chi connectivity index (χ0n) is 12.4. The molecule has 1 rings (SSSR count). The summed E-state index contributed by atoms with van der Waals surface area (Å²) in [6, 6.07) is 9.08. The SMILES string of the molecule is C=C.C[Si](C)(C)c1ccccc1[Si](C)(C)C.N. The Kier molecular flexibility index (Phi) is 7.64. The summed E-state index contributed by atoms with van der Waals surface area (Å²) < 4.78 is 0. The summed E-state index contributed by atoms with van der Waals surface area (Å²) >= 11 is 0. The van der Waals surface area contributed by atoms with Crippen LogP contribution < -0.4 is 16.5 Å². The van der Waals surface area contributed by atoms with Gasteiger partial charge in [-0.1, -0.05) is 73.9 Å². The van der Waals surface area contributed by atoms with Crippen molar-refractivity contribution < 1.29 is 0 Å². The molecule has 0 fully saturated rings. The lowest BCUT2D eigenvalue weighted by atomic mass is 10.4. The smallest absolute Gasteiger partial charge is 0.0774 e. The van der Waals surface area contributed by atoms with E-state index in [-0.39, 0.29) is 6.15 Å². The van der Waals surface area contributed by atoms with Crippen LogP contribution in [-0.2, 0) is 0 Å². The summed E-state index contributed by atoms with van der Waals surface area (Å²) in [4.78, 5) is 0. The normalized spacial score (nSPS) is 10.9.